The van der Waals surface area contributed by atoms with Gasteiger partial charge in [0.1, 0.15) is 0 Å². The molecular weight excluding hydrogens is 106 g/mol. The smallest absolute Gasteiger partial charge is 0.0977 e. The van der Waals surface area contributed by atoms with Crippen molar-refractivity contribution in [2.24, 2.45) is 5.73 Å². The highest BCUT2D eigenvalue weighted by Gasteiger charge is 2.23. The van der Waals surface area contributed by atoms with E-state index in [-0.39, 0.29) is 12.1 Å². The van der Waals surface area contributed by atoms with Crippen molar-refractivity contribution < 1.29 is 9.47 Å². The maximum atomic E-state index is 5.54. The lowest BCUT2D eigenvalue weighted by Gasteiger charge is -2.08. The number of hydrogen-bond donors (Lipinski definition) is 1. The minimum atomic E-state index is 0.0833. The van der Waals surface area contributed by atoms with Gasteiger partial charge in [-0.25, -0.2) is 0 Å². The second kappa shape index (κ2) is 2.44. The van der Waals surface area contributed by atoms with Crippen LogP contribution in [0.3, 0.4) is 0 Å². The van der Waals surface area contributed by atoms with Crippen molar-refractivity contribution in [1.82, 2.24) is 0 Å². The minimum Gasteiger partial charge on any atom is -0.377 e. The fraction of sp³-hybridized carbons (Fsp3) is 1.00. The molecule has 1 heterocycles. The number of ether oxygens (including phenoxy) is 2. The molecule has 1 rings (SSSR count). The summed E-state index contributed by atoms with van der Waals surface area (Å²) in [6.45, 7) is 1.29. The summed E-state index contributed by atoms with van der Waals surface area (Å²) < 4.78 is 9.98. The SMILES string of the molecule is CO[C@@H]1COC[C@@H]1N. The van der Waals surface area contributed by atoms with Crippen LogP contribution in [0.1, 0.15) is 0 Å². The number of hydrogen-bond acceptors (Lipinski definition) is 3. The summed E-state index contributed by atoms with van der Waals surface area (Å²) in [7, 11) is 1.65. The van der Waals surface area contributed by atoms with Gasteiger partial charge in [0, 0.05) is 7.11 Å². The molecule has 0 spiro atoms. The molecule has 8 heavy (non-hydrogen) atoms. The molecule has 0 aromatic heterocycles. The van der Waals surface area contributed by atoms with Crippen LogP contribution in [0, 0.1) is 0 Å². The van der Waals surface area contributed by atoms with E-state index in [1.54, 1.807) is 7.11 Å². The van der Waals surface area contributed by atoms with Gasteiger partial charge in [-0.1, -0.05) is 0 Å². The van der Waals surface area contributed by atoms with Crippen molar-refractivity contribution in [2.75, 3.05) is 20.3 Å². The van der Waals surface area contributed by atoms with Gasteiger partial charge in [-0.15, -0.1) is 0 Å². The van der Waals surface area contributed by atoms with E-state index >= 15 is 0 Å². The van der Waals surface area contributed by atoms with Crippen molar-refractivity contribution in [3.63, 3.8) is 0 Å². The van der Waals surface area contributed by atoms with Crippen LogP contribution in [0.25, 0.3) is 0 Å². The third-order valence-corrected chi connectivity index (χ3v) is 1.37. The van der Waals surface area contributed by atoms with Gasteiger partial charge in [0.05, 0.1) is 25.4 Å². The Hall–Kier alpha value is -0.120. The van der Waals surface area contributed by atoms with Crippen LogP contribution in [0.4, 0.5) is 0 Å². The molecule has 0 aromatic rings. The summed E-state index contributed by atoms with van der Waals surface area (Å²) in [5.74, 6) is 0. The van der Waals surface area contributed by atoms with Gasteiger partial charge in [-0.05, 0) is 0 Å². The van der Waals surface area contributed by atoms with Crippen LogP contribution in [0.2, 0.25) is 0 Å². The highest BCUT2D eigenvalue weighted by molar-refractivity contribution is 4.77. The Morgan fingerprint density at radius 2 is 2.38 bits per heavy atom. The third-order valence-electron chi connectivity index (χ3n) is 1.37. The average Bonchev–Trinajstić information content (AvgIpc) is 2.14. The highest BCUT2D eigenvalue weighted by atomic mass is 16.5. The van der Waals surface area contributed by atoms with Crippen LogP contribution in [-0.4, -0.2) is 32.5 Å². The quantitative estimate of drug-likeness (QED) is 0.497. The molecule has 1 aliphatic heterocycles. The van der Waals surface area contributed by atoms with Crippen LogP contribution < -0.4 is 5.73 Å². The normalized spacial score (nSPS) is 38.2. The topological polar surface area (TPSA) is 44.5 Å². The predicted octanol–water partition coefficient (Wildman–Crippen LogP) is -0.641. The van der Waals surface area contributed by atoms with Crippen molar-refractivity contribution >= 4 is 0 Å². The Morgan fingerprint density at radius 1 is 1.62 bits per heavy atom. The summed E-state index contributed by atoms with van der Waals surface area (Å²) in [5.41, 5.74) is 5.54. The summed E-state index contributed by atoms with van der Waals surface area (Å²) in [4.78, 5) is 0. The first-order chi connectivity index (χ1) is 3.84. The van der Waals surface area contributed by atoms with Gasteiger partial charge in [0.15, 0.2) is 0 Å². The fourth-order valence-corrected chi connectivity index (χ4v) is 0.794. The third kappa shape index (κ3) is 0.992. The zero-order valence-corrected chi connectivity index (χ0v) is 4.96. The van der Waals surface area contributed by atoms with Gasteiger partial charge in [-0.3, -0.25) is 0 Å². The van der Waals surface area contributed by atoms with Gasteiger partial charge in [0.2, 0.25) is 0 Å². The Morgan fingerprint density at radius 3 is 2.62 bits per heavy atom. The molecule has 0 amide bonds. The lowest BCUT2D eigenvalue weighted by molar-refractivity contribution is 0.0777. The Kier molecular flexibility index (Phi) is 1.83. The molecule has 2 N–H and O–H groups in total. The molecule has 1 fully saturated rings. The van der Waals surface area contributed by atoms with E-state index in [4.69, 9.17) is 15.2 Å². The first kappa shape index (κ1) is 6.01. The molecule has 0 unspecified atom stereocenters. The molecule has 0 saturated carbocycles. The standard InChI is InChI=1S/C5H11NO2/c1-7-5-3-8-2-4(5)6/h4-5H,2-3,6H2,1H3/t4-,5+/m0/s1. The van der Waals surface area contributed by atoms with Gasteiger partial charge < -0.3 is 15.2 Å². The monoisotopic (exact) mass is 117 g/mol. The van der Waals surface area contributed by atoms with Gasteiger partial charge in [-0.2, -0.15) is 0 Å². The maximum Gasteiger partial charge on any atom is 0.0977 e. The van der Waals surface area contributed by atoms with Crippen molar-refractivity contribution in [3.8, 4) is 0 Å². The van der Waals surface area contributed by atoms with Crippen LogP contribution in [0.5, 0.6) is 0 Å². The zero-order chi connectivity index (χ0) is 5.98. The van der Waals surface area contributed by atoms with Crippen LogP contribution in [0.15, 0.2) is 0 Å². The molecular formula is C5H11NO2. The molecule has 3 heteroatoms. The first-order valence-corrected chi connectivity index (χ1v) is 2.70. The Balaban J connectivity index is 2.30. The molecule has 1 aliphatic rings. The van der Waals surface area contributed by atoms with Gasteiger partial charge in [0.25, 0.3) is 0 Å². The number of nitrogens with two attached hydrogens (primary N) is 1. The van der Waals surface area contributed by atoms with Crippen molar-refractivity contribution in [1.29, 1.82) is 0 Å². The minimum absolute atomic E-state index is 0.0833. The van der Waals surface area contributed by atoms with E-state index in [2.05, 4.69) is 0 Å². The Bertz CT molecular complexity index is 76.8. The van der Waals surface area contributed by atoms with Crippen molar-refractivity contribution in [3.05, 3.63) is 0 Å². The van der Waals surface area contributed by atoms with E-state index in [0.29, 0.717) is 13.2 Å². The molecule has 0 aromatic carbocycles. The summed E-state index contributed by atoms with van der Waals surface area (Å²) in [6, 6.07) is 0.0833. The molecule has 0 aliphatic carbocycles. The Labute approximate surface area is 48.8 Å². The number of methoxy groups -OCH3 is 1. The number of rotatable bonds is 1. The van der Waals surface area contributed by atoms with Gasteiger partial charge >= 0.3 is 0 Å². The van der Waals surface area contributed by atoms with Crippen LogP contribution >= 0.6 is 0 Å². The first-order valence-electron chi connectivity index (χ1n) is 2.70. The van der Waals surface area contributed by atoms with E-state index in [0.717, 1.165) is 0 Å². The van der Waals surface area contributed by atoms with E-state index in [9.17, 15) is 0 Å². The fourth-order valence-electron chi connectivity index (χ4n) is 0.794. The lowest BCUT2D eigenvalue weighted by Crippen LogP contribution is -2.34. The molecule has 0 bridgehead atoms. The van der Waals surface area contributed by atoms with Crippen LogP contribution in [-0.2, 0) is 9.47 Å². The maximum absolute atomic E-state index is 5.54. The largest absolute Gasteiger partial charge is 0.377 e. The second-order valence-electron chi connectivity index (χ2n) is 1.98. The van der Waals surface area contributed by atoms with Crippen molar-refractivity contribution in [2.45, 2.75) is 12.1 Å². The average molecular weight is 117 g/mol. The van der Waals surface area contributed by atoms with E-state index in [1.807, 2.05) is 0 Å². The summed E-state index contributed by atoms with van der Waals surface area (Å²) in [6.07, 6.45) is 0.120. The molecule has 0 radical (unpaired) electrons. The highest BCUT2D eigenvalue weighted by Crippen LogP contribution is 2.04. The lowest BCUT2D eigenvalue weighted by atomic mass is 10.2. The molecule has 1 saturated heterocycles. The molecule has 48 valence electrons. The predicted molar refractivity (Wildman–Crippen MR) is 29.6 cm³/mol. The summed E-state index contributed by atoms with van der Waals surface area (Å²) in [5, 5.41) is 0. The molecule has 2 atom stereocenters. The van der Waals surface area contributed by atoms with E-state index < -0.39 is 0 Å². The van der Waals surface area contributed by atoms with E-state index in [1.165, 1.54) is 0 Å². The second-order valence-corrected chi connectivity index (χ2v) is 1.98. The summed E-state index contributed by atoms with van der Waals surface area (Å²) >= 11 is 0. The molecule has 3 nitrogen and oxygen atoms in total. The zero-order valence-electron chi connectivity index (χ0n) is 4.96.